The maximum absolute atomic E-state index is 13.2. The molecule has 7 heteroatoms. The maximum atomic E-state index is 13.2. The first-order chi connectivity index (χ1) is 13.5. The second kappa shape index (κ2) is 9.59. The number of hydrogen-bond acceptors (Lipinski definition) is 2. The van der Waals surface area contributed by atoms with Crippen LogP contribution in [0.3, 0.4) is 0 Å². The molecule has 1 N–H and O–H groups in total. The van der Waals surface area contributed by atoms with Crippen molar-refractivity contribution >= 4 is 35.0 Å². The molecule has 2 amide bonds. The van der Waals surface area contributed by atoms with Crippen LogP contribution >= 0.6 is 23.2 Å². The monoisotopic (exact) mass is 438 g/mol. The molecule has 0 spiro atoms. The quantitative estimate of drug-likeness (QED) is 0.688. The van der Waals surface area contributed by atoms with Gasteiger partial charge in [0.05, 0.1) is 6.42 Å². The van der Waals surface area contributed by atoms with Gasteiger partial charge in [-0.1, -0.05) is 41.4 Å². The number of nitrogens with zero attached hydrogens (tertiary/aromatic N) is 1. The summed E-state index contributed by atoms with van der Waals surface area (Å²) in [7, 11) is 0. The number of carbonyl (C=O) groups excluding carboxylic acids is 2. The third-order valence-electron chi connectivity index (χ3n) is 4.29. The highest BCUT2D eigenvalue weighted by Crippen LogP contribution is 2.23. The highest BCUT2D eigenvalue weighted by Gasteiger charge is 2.28. The van der Waals surface area contributed by atoms with Crippen LogP contribution in [0.4, 0.5) is 4.39 Å². The lowest BCUT2D eigenvalue weighted by Gasteiger charge is -2.31. The predicted molar refractivity (Wildman–Crippen MR) is 114 cm³/mol. The van der Waals surface area contributed by atoms with E-state index in [1.807, 2.05) is 20.8 Å². The minimum absolute atomic E-state index is 0.0182. The van der Waals surface area contributed by atoms with Crippen molar-refractivity contribution in [2.75, 3.05) is 0 Å². The van der Waals surface area contributed by atoms with E-state index in [1.54, 1.807) is 37.3 Å². The van der Waals surface area contributed by atoms with Crippen LogP contribution in [-0.2, 0) is 22.6 Å². The molecule has 2 rings (SSSR count). The molecule has 0 bridgehead atoms. The molecule has 4 nitrogen and oxygen atoms in total. The first kappa shape index (κ1) is 23.2. The summed E-state index contributed by atoms with van der Waals surface area (Å²) in [4.78, 5) is 27.3. The minimum Gasteiger partial charge on any atom is -0.350 e. The normalized spacial score (nSPS) is 12.4. The number of rotatable bonds is 6. The summed E-state index contributed by atoms with van der Waals surface area (Å²) in [6.45, 7) is 7.46. The zero-order valence-electron chi connectivity index (χ0n) is 16.9. The van der Waals surface area contributed by atoms with Gasteiger partial charge in [-0.05, 0) is 63.1 Å². The Hall–Kier alpha value is -2.11. The van der Waals surface area contributed by atoms with Crippen LogP contribution in [0.2, 0.25) is 10.0 Å². The lowest BCUT2D eigenvalue weighted by atomic mass is 10.1. The molecule has 0 aliphatic carbocycles. The lowest BCUT2D eigenvalue weighted by molar-refractivity contribution is -0.140. The fraction of sp³-hybridized carbons (Fsp3) is 0.364. The summed E-state index contributed by atoms with van der Waals surface area (Å²) in [5.74, 6) is -0.900. The van der Waals surface area contributed by atoms with Crippen LogP contribution in [0.25, 0.3) is 0 Å². The minimum atomic E-state index is -0.724. The molecule has 0 saturated carbocycles. The first-order valence-electron chi connectivity index (χ1n) is 9.26. The van der Waals surface area contributed by atoms with Gasteiger partial charge in [0.1, 0.15) is 11.9 Å². The van der Waals surface area contributed by atoms with Gasteiger partial charge in [-0.25, -0.2) is 4.39 Å². The summed E-state index contributed by atoms with van der Waals surface area (Å²) in [6, 6.07) is 10.1. The van der Waals surface area contributed by atoms with Crippen molar-refractivity contribution < 1.29 is 14.0 Å². The highest BCUT2D eigenvalue weighted by atomic mass is 35.5. The summed E-state index contributed by atoms with van der Waals surface area (Å²) in [6.07, 6.45) is 0.0182. The highest BCUT2D eigenvalue weighted by molar-refractivity contribution is 6.35. The molecule has 0 saturated heterocycles. The van der Waals surface area contributed by atoms with Crippen molar-refractivity contribution in [1.82, 2.24) is 10.2 Å². The van der Waals surface area contributed by atoms with Crippen molar-refractivity contribution in [3.63, 3.8) is 0 Å². The largest absolute Gasteiger partial charge is 0.350 e. The Morgan fingerprint density at radius 1 is 1.10 bits per heavy atom. The molecule has 0 fully saturated rings. The Morgan fingerprint density at radius 3 is 2.28 bits per heavy atom. The van der Waals surface area contributed by atoms with E-state index in [0.717, 1.165) is 5.56 Å². The standard InChI is InChI=1S/C22H25Cl2FN2O2/c1-14(21(29)26-22(2,3)4)27(13-15-5-9-18(25)10-6-15)20(28)11-16-7-8-17(23)12-19(16)24/h5-10,12,14H,11,13H2,1-4H3,(H,26,29)/t14-/m1/s1. The molecule has 0 radical (unpaired) electrons. The second-order valence-corrected chi connectivity index (χ2v) is 8.82. The Balaban J connectivity index is 2.27. The topological polar surface area (TPSA) is 49.4 Å². The number of halogens is 3. The molecule has 2 aromatic rings. The Labute approximate surface area is 181 Å². The van der Waals surface area contributed by atoms with Crippen molar-refractivity contribution in [1.29, 1.82) is 0 Å². The van der Waals surface area contributed by atoms with E-state index < -0.39 is 11.6 Å². The number of amides is 2. The van der Waals surface area contributed by atoms with Crippen molar-refractivity contribution in [2.24, 2.45) is 0 Å². The Morgan fingerprint density at radius 2 is 1.72 bits per heavy atom. The van der Waals surface area contributed by atoms with Crippen molar-refractivity contribution in [3.8, 4) is 0 Å². The molecule has 0 aliphatic rings. The van der Waals surface area contributed by atoms with Gasteiger partial charge >= 0.3 is 0 Å². The maximum Gasteiger partial charge on any atom is 0.242 e. The van der Waals surface area contributed by atoms with E-state index in [0.29, 0.717) is 15.6 Å². The van der Waals surface area contributed by atoms with Crippen LogP contribution in [0.5, 0.6) is 0 Å². The van der Waals surface area contributed by atoms with Crippen molar-refractivity contribution in [2.45, 2.75) is 52.2 Å². The van der Waals surface area contributed by atoms with Crippen LogP contribution in [-0.4, -0.2) is 28.3 Å². The van der Waals surface area contributed by atoms with Crippen LogP contribution in [0, 0.1) is 5.82 Å². The third-order valence-corrected chi connectivity index (χ3v) is 4.88. The van der Waals surface area contributed by atoms with Gasteiger partial charge in [0.2, 0.25) is 11.8 Å². The van der Waals surface area contributed by atoms with Crippen LogP contribution < -0.4 is 5.32 Å². The molecule has 0 unspecified atom stereocenters. The summed E-state index contributed by atoms with van der Waals surface area (Å²) < 4.78 is 13.2. The lowest BCUT2D eigenvalue weighted by Crippen LogP contribution is -2.52. The molecular weight excluding hydrogens is 414 g/mol. The van der Waals surface area contributed by atoms with E-state index in [1.165, 1.54) is 17.0 Å². The molecule has 2 aromatic carbocycles. The number of carbonyl (C=O) groups is 2. The van der Waals surface area contributed by atoms with Crippen molar-refractivity contribution in [3.05, 3.63) is 69.5 Å². The first-order valence-corrected chi connectivity index (χ1v) is 10.0. The summed E-state index contributed by atoms with van der Waals surface area (Å²) >= 11 is 12.1. The fourth-order valence-electron chi connectivity index (χ4n) is 2.77. The number of nitrogens with one attached hydrogen (secondary N) is 1. The average Bonchev–Trinajstić information content (AvgIpc) is 2.61. The molecule has 0 heterocycles. The molecule has 0 aromatic heterocycles. The third kappa shape index (κ3) is 7.02. The van der Waals surface area contributed by atoms with E-state index in [2.05, 4.69) is 5.32 Å². The SMILES string of the molecule is C[C@H](C(=O)NC(C)(C)C)N(Cc1ccc(F)cc1)C(=O)Cc1ccc(Cl)cc1Cl. The van der Waals surface area contributed by atoms with Gasteiger partial charge in [-0.3, -0.25) is 9.59 Å². The average molecular weight is 439 g/mol. The smallest absolute Gasteiger partial charge is 0.242 e. The van der Waals surface area contributed by atoms with Gasteiger partial charge in [0, 0.05) is 22.1 Å². The molecule has 156 valence electrons. The fourth-order valence-corrected chi connectivity index (χ4v) is 3.25. The zero-order chi connectivity index (χ0) is 21.8. The van der Waals surface area contributed by atoms with E-state index in [4.69, 9.17) is 23.2 Å². The Kier molecular flexibility index (Phi) is 7.66. The molecule has 0 aliphatic heterocycles. The number of benzene rings is 2. The van der Waals surface area contributed by atoms with E-state index in [-0.39, 0.29) is 30.6 Å². The zero-order valence-corrected chi connectivity index (χ0v) is 18.4. The Bertz CT molecular complexity index is 879. The van der Waals surface area contributed by atoms with E-state index in [9.17, 15) is 14.0 Å². The summed E-state index contributed by atoms with van der Waals surface area (Å²) in [5, 5.41) is 3.76. The van der Waals surface area contributed by atoms with Crippen LogP contribution in [0.15, 0.2) is 42.5 Å². The van der Waals surface area contributed by atoms with Gasteiger partial charge in [0.15, 0.2) is 0 Å². The second-order valence-electron chi connectivity index (χ2n) is 7.98. The van der Waals surface area contributed by atoms with Gasteiger partial charge < -0.3 is 10.2 Å². The molecule has 29 heavy (non-hydrogen) atoms. The number of hydrogen-bond donors (Lipinski definition) is 1. The predicted octanol–water partition coefficient (Wildman–Crippen LogP) is 5.01. The summed E-state index contributed by atoms with van der Waals surface area (Å²) in [5.41, 5.74) is 0.904. The molecular formula is C22H25Cl2FN2O2. The van der Waals surface area contributed by atoms with Gasteiger partial charge in [-0.15, -0.1) is 0 Å². The van der Waals surface area contributed by atoms with E-state index >= 15 is 0 Å². The van der Waals surface area contributed by atoms with Gasteiger partial charge in [-0.2, -0.15) is 0 Å². The van der Waals surface area contributed by atoms with Gasteiger partial charge in [0.25, 0.3) is 0 Å². The molecule has 1 atom stereocenters. The van der Waals surface area contributed by atoms with Crippen LogP contribution in [0.1, 0.15) is 38.8 Å².